The second-order valence-electron chi connectivity index (χ2n) is 7.19. The Balaban J connectivity index is 3.12. The van der Waals surface area contributed by atoms with Crippen LogP contribution in [0.15, 0.2) is 6.07 Å². The summed E-state index contributed by atoms with van der Waals surface area (Å²) in [7, 11) is 0. The zero-order valence-corrected chi connectivity index (χ0v) is 13.6. The van der Waals surface area contributed by atoms with Crippen molar-refractivity contribution in [1.82, 2.24) is 15.1 Å². The molecular weight excluding hydrogens is 254 g/mol. The van der Waals surface area contributed by atoms with E-state index in [1.807, 2.05) is 10.7 Å². The Kier molecular flexibility index (Phi) is 4.64. The predicted molar refractivity (Wildman–Crippen MR) is 79.9 cm³/mol. The molecule has 1 amide bonds. The van der Waals surface area contributed by atoms with Gasteiger partial charge in [-0.2, -0.15) is 5.10 Å². The molecule has 0 aliphatic carbocycles. The molecule has 0 atom stereocenters. The molecule has 0 aliphatic heterocycles. The van der Waals surface area contributed by atoms with Gasteiger partial charge < -0.3 is 10.4 Å². The van der Waals surface area contributed by atoms with Crippen molar-refractivity contribution in [2.75, 3.05) is 6.61 Å². The molecule has 0 unspecified atom stereocenters. The van der Waals surface area contributed by atoms with Crippen LogP contribution < -0.4 is 5.32 Å². The maximum absolute atomic E-state index is 12.2. The molecule has 20 heavy (non-hydrogen) atoms. The van der Waals surface area contributed by atoms with Gasteiger partial charge in [0.15, 0.2) is 0 Å². The Bertz CT molecular complexity index is 482. The second-order valence-corrected chi connectivity index (χ2v) is 7.19. The second kappa shape index (κ2) is 5.56. The molecule has 0 saturated carbocycles. The van der Waals surface area contributed by atoms with Gasteiger partial charge in [0.25, 0.3) is 5.91 Å². The van der Waals surface area contributed by atoms with Gasteiger partial charge in [0.2, 0.25) is 0 Å². The van der Waals surface area contributed by atoms with Crippen LogP contribution in [0.3, 0.4) is 0 Å². The minimum Gasteiger partial charge on any atom is -0.394 e. The van der Waals surface area contributed by atoms with Crippen molar-refractivity contribution in [3.63, 3.8) is 0 Å². The predicted octanol–water partition coefficient (Wildman–Crippen LogP) is 2.26. The van der Waals surface area contributed by atoms with E-state index in [1.54, 1.807) is 13.8 Å². The fraction of sp³-hybridized carbons (Fsp3) is 0.733. The highest BCUT2D eigenvalue weighted by molar-refractivity contribution is 5.92. The number of aliphatic hydroxyl groups is 1. The lowest BCUT2D eigenvalue weighted by Gasteiger charge is -2.24. The van der Waals surface area contributed by atoms with Crippen LogP contribution in [0.25, 0.3) is 0 Å². The van der Waals surface area contributed by atoms with E-state index < -0.39 is 5.54 Å². The number of carbonyl (C=O) groups excluding carboxylic acids is 1. The molecule has 5 heteroatoms. The van der Waals surface area contributed by atoms with E-state index in [0.717, 1.165) is 5.69 Å². The largest absolute Gasteiger partial charge is 0.394 e. The number of rotatable bonds is 4. The SMILES string of the molecule is CC(C)c1cc(C(=O)NC(C)(C)CO)nn1C(C)(C)C. The molecule has 1 heterocycles. The number of hydrogen-bond acceptors (Lipinski definition) is 3. The number of aromatic nitrogens is 2. The Morgan fingerprint density at radius 2 is 1.90 bits per heavy atom. The number of amides is 1. The summed E-state index contributed by atoms with van der Waals surface area (Å²) < 4.78 is 1.90. The van der Waals surface area contributed by atoms with Gasteiger partial charge in [0.1, 0.15) is 5.69 Å². The van der Waals surface area contributed by atoms with Crippen molar-refractivity contribution in [2.45, 2.75) is 65.5 Å². The lowest BCUT2D eigenvalue weighted by molar-refractivity contribution is 0.0862. The number of nitrogens with zero attached hydrogens (tertiary/aromatic N) is 2. The van der Waals surface area contributed by atoms with Crippen LogP contribution in [0, 0.1) is 0 Å². The Morgan fingerprint density at radius 3 is 2.25 bits per heavy atom. The zero-order chi connectivity index (χ0) is 15.7. The number of nitrogens with one attached hydrogen (secondary N) is 1. The first-order chi connectivity index (χ1) is 8.98. The first kappa shape index (κ1) is 16.7. The topological polar surface area (TPSA) is 67.2 Å². The van der Waals surface area contributed by atoms with E-state index in [9.17, 15) is 9.90 Å². The monoisotopic (exact) mass is 281 g/mol. The minimum absolute atomic E-state index is 0.115. The molecule has 1 aromatic rings. The summed E-state index contributed by atoms with van der Waals surface area (Å²) in [4.78, 5) is 12.2. The number of carbonyl (C=O) groups is 1. The fourth-order valence-corrected chi connectivity index (χ4v) is 1.87. The van der Waals surface area contributed by atoms with Gasteiger partial charge in [-0.15, -0.1) is 0 Å². The Labute approximate surface area is 121 Å². The highest BCUT2D eigenvalue weighted by atomic mass is 16.3. The lowest BCUT2D eigenvalue weighted by atomic mass is 10.1. The van der Waals surface area contributed by atoms with E-state index in [1.165, 1.54) is 0 Å². The van der Waals surface area contributed by atoms with E-state index in [-0.39, 0.29) is 24.0 Å². The maximum atomic E-state index is 12.2. The third-order valence-corrected chi connectivity index (χ3v) is 3.04. The van der Waals surface area contributed by atoms with Crippen LogP contribution in [0.2, 0.25) is 0 Å². The number of hydrogen-bond donors (Lipinski definition) is 2. The average molecular weight is 281 g/mol. The summed E-state index contributed by atoms with van der Waals surface area (Å²) >= 11 is 0. The first-order valence-electron chi connectivity index (χ1n) is 7.02. The van der Waals surface area contributed by atoms with E-state index in [4.69, 9.17) is 0 Å². The normalized spacial score (nSPS) is 12.8. The summed E-state index contributed by atoms with van der Waals surface area (Å²) in [5.41, 5.74) is 0.597. The van der Waals surface area contributed by atoms with Crippen molar-refractivity contribution in [3.8, 4) is 0 Å². The van der Waals surface area contributed by atoms with Crippen LogP contribution in [0.1, 0.15) is 70.6 Å². The van der Waals surface area contributed by atoms with Crippen molar-refractivity contribution in [2.24, 2.45) is 0 Å². The van der Waals surface area contributed by atoms with Gasteiger partial charge in [-0.25, -0.2) is 0 Å². The van der Waals surface area contributed by atoms with Gasteiger partial charge in [-0.3, -0.25) is 9.48 Å². The van der Waals surface area contributed by atoms with E-state index >= 15 is 0 Å². The standard InChI is InChI=1S/C15H27N3O2/c1-10(2)12-8-11(17-18(12)14(3,4)5)13(20)16-15(6,7)9-19/h8,10,19H,9H2,1-7H3,(H,16,20). The van der Waals surface area contributed by atoms with Crippen molar-refractivity contribution >= 4 is 5.91 Å². The fourth-order valence-electron chi connectivity index (χ4n) is 1.87. The summed E-state index contributed by atoms with van der Waals surface area (Å²) in [6.07, 6.45) is 0. The highest BCUT2D eigenvalue weighted by Gasteiger charge is 2.26. The molecule has 2 N–H and O–H groups in total. The molecule has 0 spiro atoms. The van der Waals surface area contributed by atoms with Gasteiger partial charge in [-0.05, 0) is 46.6 Å². The third-order valence-electron chi connectivity index (χ3n) is 3.04. The Hall–Kier alpha value is -1.36. The molecule has 0 radical (unpaired) electrons. The van der Waals surface area contributed by atoms with Crippen LogP contribution in [-0.2, 0) is 5.54 Å². The van der Waals surface area contributed by atoms with Crippen LogP contribution in [-0.4, -0.2) is 32.9 Å². The maximum Gasteiger partial charge on any atom is 0.272 e. The molecule has 1 rings (SSSR count). The van der Waals surface area contributed by atoms with E-state index in [2.05, 4.69) is 45.0 Å². The van der Waals surface area contributed by atoms with Crippen LogP contribution in [0.5, 0.6) is 0 Å². The Morgan fingerprint density at radius 1 is 1.35 bits per heavy atom. The van der Waals surface area contributed by atoms with Crippen molar-refractivity contribution in [1.29, 1.82) is 0 Å². The van der Waals surface area contributed by atoms with Gasteiger partial charge >= 0.3 is 0 Å². The summed E-state index contributed by atoms with van der Waals surface area (Å²) in [6.45, 7) is 13.8. The molecule has 1 aromatic heterocycles. The van der Waals surface area contributed by atoms with Gasteiger partial charge in [0, 0.05) is 5.69 Å². The van der Waals surface area contributed by atoms with Crippen LogP contribution in [0.4, 0.5) is 0 Å². The molecule has 0 fully saturated rings. The molecule has 0 bridgehead atoms. The molecule has 0 aromatic carbocycles. The number of aliphatic hydroxyl groups excluding tert-OH is 1. The van der Waals surface area contributed by atoms with Gasteiger partial charge in [-0.1, -0.05) is 13.8 Å². The summed E-state index contributed by atoms with van der Waals surface area (Å²) in [6, 6.07) is 1.83. The molecule has 114 valence electrons. The molecule has 0 saturated heterocycles. The van der Waals surface area contributed by atoms with Crippen molar-refractivity contribution < 1.29 is 9.90 Å². The molecule has 5 nitrogen and oxygen atoms in total. The first-order valence-corrected chi connectivity index (χ1v) is 7.02. The third kappa shape index (κ3) is 3.82. The van der Waals surface area contributed by atoms with E-state index in [0.29, 0.717) is 5.69 Å². The summed E-state index contributed by atoms with van der Waals surface area (Å²) in [5, 5.41) is 16.5. The van der Waals surface area contributed by atoms with Crippen LogP contribution >= 0.6 is 0 Å². The summed E-state index contributed by atoms with van der Waals surface area (Å²) in [5.74, 6) is 0.0306. The molecule has 0 aliphatic rings. The lowest BCUT2D eigenvalue weighted by Crippen LogP contribution is -2.46. The molecular formula is C15H27N3O2. The quantitative estimate of drug-likeness (QED) is 0.889. The minimum atomic E-state index is -0.652. The van der Waals surface area contributed by atoms with Gasteiger partial charge in [0.05, 0.1) is 17.7 Å². The highest BCUT2D eigenvalue weighted by Crippen LogP contribution is 2.23. The van der Waals surface area contributed by atoms with Crippen molar-refractivity contribution in [3.05, 3.63) is 17.5 Å². The smallest absolute Gasteiger partial charge is 0.272 e. The zero-order valence-electron chi connectivity index (χ0n) is 13.6. The average Bonchev–Trinajstić information content (AvgIpc) is 2.73.